The fourth-order valence-electron chi connectivity index (χ4n) is 1.14. The van der Waals surface area contributed by atoms with Crippen LogP contribution in [0.15, 0.2) is 23.1 Å². The van der Waals surface area contributed by atoms with E-state index in [1.165, 1.54) is 0 Å². The van der Waals surface area contributed by atoms with Gasteiger partial charge in [-0.3, -0.25) is 0 Å². The third-order valence-corrected chi connectivity index (χ3v) is 2.68. The van der Waals surface area contributed by atoms with Gasteiger partial charge in [-0.25, -0.2) is 4.79 Å². The lowest BCUT2D eigenvalue weighted by Gasteiger charge is -2.12. The van der Waals surface area contributed by atoms with Crippen molar-refractivity contribution in [2.24, 2.45) is 0 Å². The Kier molecular flexibility index (Phi) is 4.03. The molecule has 0 aliphatic rings. The van der Waals surface area contributed by atoms with Gasteiger partial charge in [-0.15, -0.1) is 17.1 Å². The summed E-state index contributed by atoms with van der Waals surface area (Å²) in [7, 11) is -4.33. The molecule has 0 unspecified atom stereocenters. The third kappa shape index (κ3) is 4.09. The summed E-state index contributed by atoms with van der Waals surface area (Å²) >= 11 is 0. The third-order valence-electron chi connectivity index (χ3n) is 1.87. The molecule has 0 saturated heterocycles. The molecule has 0 spiro atoms. The summed E-state index contributed by atoms with van der Waals surface area (Å²) in [4.78, 5) is 10.1. The SMILES string of the molecule is COC(=O)c1ccc(S(=O)(=O)F)cc1OC(F)(F)F. The number of ether oxygens (including phenoxy) is 2. The highest BCUT2D eigenvalue weighted by Gasteiger charge is 2.34. The van der Waals surface area contributed by atoms with E-state index in [0.29, 0.717) is 12.1 Å². The van der Waals surface area contributed by atoms with Crippen LogP contribution in [0.3, 0.4) is 0 Å². The van der Waals surface area contributed by atoms with Crippen LogP contribution in [-0.2, 0) is 15.0 Å². The van der Waals surface area contributed by atoms with Crippen LogP contribution >= 0.6 is 0 Å². The van der Waals surface area contributed by atoms with Gasteiger partial charge in [0, 0.05) is 6.07 Å². The van der Waals surface area contributed by atoms with Gasteiger partial charge in [0.25, 0.3) is 0 Å². The van der Waals surface area contributed by atoms with Crippen molar-refractivity contribution in [3.05, 3.63) is 23.8 Å². The van der Waals surface area contributed by atoms with Crippen LogP contribution in [0.25, 0.3) is 0 Å². The molecule has 0 amide bonds. The monoisotopic (exact) mass is 302 g/mol. The van der Waals surface area contributed by atoms with E-state index in [9.17, 15) is 30.3 Å². The average Bonchev–Trinajstić information content (AvgIpc) is 2.24. The largest absolute Gasteiger partial charge is 0.573 e. The Labute approximate surface area is 104 Å². The molecule has 0 fully saturated rings. The standard InChI is InChI=1S/C9H6F4O5S/c1-17-8(14)6-3-2-5(19(13,15)16)4-7(6)18-9(10,11)12/h2-4H,1H3. The summed E-state index contributed by atoms with van der Waals surface area (Å²) in [6, 6.07) is 1.51. The quantitative estimate of drug-likeness (QED) is 0.485. The molecule has 0 saturated carbocycles. The van der Waals surface area contributed by atoms with Crippen molar-refractivity contribution >= 4 is 16.2 Å². The molecule has 0 N–H and O–H groups in total. The molecule has 0 radical (unpaired) electrons. The van der Waals surface area contributed by atoms with Crippen molar-refractivity contribution in [2.45, 2.75) is 11.3 Å². The molecule has 0 heterocycles. The predicted molar refractivity (Wildman–Crippen MR) is 52.8 cm³/mol. The second-order valence-electron chi connectivity index (χ2n) is 3.14. The first-order valence-electron chi connectivity index (χ1n) is 4.47. The first-order chi connectivity index (χ1) is 8.54. The van der Waals surface area contributed by atoms with E-state index < -0.39 is 38.8 Å². The smallest absolute Gasteiger partial charge is 0.465 e. The van der Waals surface area contributed by atoms with Crippen molar-refractivity contribution in [3.8, 4) is 5.75 Å². The lowest BCUT2D eigenvalue weighted by Crippen LogP contribution is -2.19. The van der Waals surface area contributed by atoms with Gasteiger partial charge in [0.05, 0.1) is 7.11 Å². The van der Waals surface area contributed by atoms with Gasteiger partial charge < -0.3 is 9.47 Å². The summed E-state index contributed by atoms with van der Waals surface area (Å²) in [6.07, 6.45) is -5.18. The molecule has 5 nitrogen and oxygen atoms in total. The minimum absolute atomic E-state index is 0.245. The molecule has 0 aliphatic carbocycles. The van der Waals surface area contributed by atoms with Crippen LogP contribution in [0.4, 0.5) is 17.1 Å². The van der Waals surface area contributed by atoms with Crippen molar-refractivity contribution in [3.63, 3.8) is 0 Å². The Bertz CT molecular complexity index is 593. The van der Waals surface area contributed by atoms with Gasteiger partial charge in [0.2, 0.25) is 0 Å². The number of methoxy groups -OCH3 is 1. The number of hydrogen-bond donors (Lipinski definition) is 0. The maximum absolute atomic E-state index is 12.7. The van der Waals surface area contributed by atoms with Gasteiger partial charge in [0.1, 0.15) is 16.2 Å². The summed E-state index contributed by atoms with van der Waals surface area (Å²) in [6.45, 7) is 0. The molecule has 106 valence electrons. The minimum atomic E-state index is -5.23. The van der Waals surface area contributed by atoms with E-state index >= 15 is 0 Å². The second kappa shape index (κ2) is 5.03. The van der Waals surface area contributed by atoms with Gasteiger partial charge in [0.15, 0.2) is 0 Å². The first-order valence-corrected chi connectivity index (χ1v) is 5.86. The Balaban J connectivity index is 3.39. The summed E-state index contributed by atoms with van der Waals surface area (Å²) in [5, 5.41) is 0. The van der Waals surface area contributed by atoms with E-state index in [1.54, 1.807) is 0 Å². The van der Waals surface area contributed by atoms with E-state index in [1.807, 2.05) is 0 Å². The van der Waals surface area contributed by atoms with E-state index in [-0.39, 0.29) is 6.07 Å². The van der Waals surface area contributed by atoms with E-state index in [0.717, 1.165) is 7.11 Å². The number of carbonyl (C=O) groups excluding carboxylic acids is 1. The fourth-order valence-corrected chi connectivity index (χ4v) is 1.62. The summed E-state index contributed by atoms with van der Waals surface area (Å²) < 4.78 is 77.8. The molecular formula is C9H6F4O5S. The number of esters is 1. The lowest BCUT2D eigenvalue weighted by molar-refractivity contribution is -0.274. The highest BCUT2D eigenvalue weighted by Crippen LogP contribution is 2.30. The highest BCUT2D eigenvalue weighted by molar-refractivity contribution is 7.86. The molecule has 0 aromatic heterocycles. The number of carbonyl (C=O) groups is 1. The first kappa shape index (κ1) is 15.2. The van der Waals surface area contributed by atoms with Crippen LogP contribution < -0.4 is 4.74 Å². The summed E-state index contributed by atoms with van der Waals surface area (Å²) in [5.41, 5.74) is -0.688. The second-order valence-corrected chi connectivity index (χ2v) is 4.48. The van der Waals surface area contributed by atoms with Crippen molar-refractivity contribution in [1.82, 2.24) is 0 Å². The van der Waals surface area contributed by atoms with Crippen molar-refractivity contribution in [2.75, 3.05) is 7.11 Å². The lowest BCUT2D eigenvalue weighted by atomic mass is 10.2. The molecule has 1 rings (SSSR count). The Morgan fingerprint density at radius 2 is 1.84 bits per heavy atom. The number of rotatable bonds is 3. The molecular weight excluding hydrogens is 296 g/mol. The molecule has 10 heteroatoms. The number of hydrogen-bond acceptors (Lipinski definition) is 5. The van der Waals surface area contributed by atoms with E-state index in [4.69, 9.17) is 0 Å². The number of alkyl halides is 3. The fraction of sp³-hybridized carbons (Fsp3) is 0.222. The van der Waals surface area contributed by atoms with Gasteiger partial charge in [-0.05, 0) is 12.1 Å². The predicted octanol–water partition coefficient (Wildman–Crippen LogP) is 2.03. The van der Waals surface area contributed by atoms with Crippen LogP contribution in [0.2, 0.25) is 0 Å². The Hall–Kier alpha value is -1.84. The number of benzene rings is 1. The molecule has 0 bridgehead atoms. The maximum atomic E-state index is 12.7. The average molecular weight is 302 g/mol. The number of halogens is 4. The van der Waals surface area contributed by atoms with Crippen LogP contribution in [0, 0.1) is 0 Å². The molecule has 0 aliphatic heterocycles. The zero-order valence-corrected chi connectivity index (χ0v) is 10.0. The molecule has 1 aromatic rings. The van der Waals surface area contributed by atoms with E-state index in [2.05, 4.69) is 9.47 Å². The van der Waals surface area contributed by atoms with Crippen LogP contribution in [-0.4, -0.2) is 27.9 Å². The highest BCUT2D eigenvalue weighted by atomic mass is 32.3. The Morgan fingerprint density at radius 1 is 1.26 bits per heavy atom. The zero-order chi connectivity index (χ0) is 14.8. The zero-order valence-electron chi connectivity index (χ0n) is 9.19. The van der Waals surface area contributed by atoms with Crippen LogP contribution in [0.5, 0.6) is 5.75 Å². The van der Waals surface area contributed by atoms with Gasteiger partial charge in [-0.1, -0.05) is 0 Å². The Morgan fingerprint density at radius 3 is 2.26 bits per heavy atom. The van der Waals surface area contributed by atoms with Crippen molar-refractivity contribution in [1.29, 1.82) is 0 Å². The molecule has 19 heavy (non-hydrogen) atoms. The molecule has 1 aromatic carbocycles. The van der Waals surface area contributed by atoms with Gasteiger partial charge in [-0.2, -0.15) is 8.42 Å². The van der Waals surface area contributed by atoms with Gasteiger partial charge >= 0.3 is 22.6 Å². The molecule has 0 atom stereocenters. The topological polar surface area (TPSA) is 69.7 Å². The van der Waals surface area contributed by atoms with Crippen LogP contribution in [0.1, 0.15) is 10.4 Å². The van der Waals surface area contributed by atoms with Crippen molar-refractivity contribution < 1.29 is 39.7 Å². The maximum Gasteiger partial charge on any atom is 0.573 e. The minimum Gasteiger partial charge on any atom is -0.465 e. The summed E-state index contributed by atoms with van der Waals surface area (Å²) in [5.74, 6) is -2.36. The normalized spacial score (nSPS) is 12.1.